The van der Waals surface area contributed by atoms with Crippen molar-refractivity contribution in [3.05, 3.63) is 0 Å². The number of rotatable bonds is 7. The van der Waals surface area contributed by atoms with Gasteiger partial charge in [-0.25, -0.2) is 0 Å². The first-order valence-electron chi connectivity index (χ1n) is 4.81. The van der Waals surface area contributed by atoms with Gasteiger partial charge in [0.05, 0.1) is 5.60 Å². The topological polar surface area (TPSA) is 35.2 Å². The maximum atomic E-state index is 5.95. The van der Waals surface area contributed by atoms with Gasteiger partial charge in [-0.1, -0.05) is 0 Å². The predicted octanol–water partition coefficient (Wildman–Crippen LogP) is 2.27. The zero-order chi connectivity index (χ0) is 10.3. The van der Waals surface area contributed by atoms with Crippen LogP contribution in [-0.2, 0) is 4.74 Å². The molecule has 0 radical (unpaired) electrons. The van der Waals surface area contributed by atoms with E-state index in [0.717, 1.165) is 25.0 Å². The molecule has 0 aliphatic rings. The Hall–Kier alpha value is 0.270. The number of methoxy groups -OCH3 is 1. The lowest BCUT2D eigenvalue weighted by atomic mass is 9.98. The molecule has 0 aliphatic heterocycles. The van der Waals surface area contributed by atoms with E-state index in [1.807, 2.05) is 11.8 Å². The molecule has 0 fully saturated rings. The average molecular weight is 205 g/mol. The fourth-order valence-corrected chi connectivity index (χ4v) is 1.59. The minimum atomic E-state index is -0.0169. The molecule has 0 rings (SSSR count). The third-order valence-electron chi connectivity index (χ3n) is 2.36. The maximum absolute atomic E-state index is 5.95. The minimum absolute atomic E-state index is 0.0169. The van der Waals surface area contributed by atoms with Crippen LogP contribution in [0.5, 0.6) is 0 Å². The van der Waals surface area contributed by atoms with E-state index in [2.05, 4.69) is 20.1 Å². The second-order valence-electron chi connectivity index (χ2n) is 4.04. The summed E-state index contributed by atoms with van der Waals surface area (Å²) in [6, 6.07) is 0.335. The van der Waals surface area contributed by atoms with Crippen molar-refractivity contribution in [3.63, 3.8) is 0 Å². The number of hydrogen-bond acceptors (Lipinski definition) is 3. The van der Waals surface area contributed by atoms with Crippen molar-refractivity contribution < 1.29 is 4.74 Å². The van der Waals surface area contributed by atoms with Gasteiger partial charge in [0, 0.05) is 13.2 Å². The highest BCUT2D eigenvalue weighted by atomic mass is 32.2. The summed E-state index contributed by atoms with van der Waals surface area (Å²) in [4.78, 5) is 0. The van der Waals surface area contributed by atoms with Gasteiger partial charge < -0.3 is 10.5 Å². The van der Waals surface area contributed by atoms with Crippen LogP contribution in [0.3, 0.4) is 0 Å². The number of ether oxygens (including phenoxy) is 1. The van der Waals surface area contributed by atoms with E-state index in [1.54, 1.807) is 7.11 Å². The quantitative estimate of drug-likeness (QED) is 0.692. The molecule has 0 spiro atoms. The third kappa shape index (κ3) is 7.35. The second kappa shape index (κ2) is 6.68. The van der Waals surface area contributed by atoms with Crippen molar-refractivity contribution in [2.24, 2.45) is 5.73 Å². The Morgan fingerprint density at radius 3 is 2.46 bits per heavy atom. The van der Waals surface area contributed by atoms with Crippen LogP contribution in [0, 0.1) is 0 Å². The van der Waals surface area contributed by atoms with Crippen molar-refractivity contribution in [2.75, 3.05) is 19.1 Å². The normalized spacial score (nSPS) is 14.5. The molecule has 0 aliphatic carbocycles. The summed E-state index contributed by atoms with van der Waals surface area (Å²) >= 11 is 1.86. The van der Waals surface area contributed by atoms with E-state index in [9.17, 15) is 0 Å². The van der Waals surface area contributed by atoms with E-state index >= 15 is 0 Å². The molecule has 80 valence electrons. The van der Waals surface area contributed by atoms with E-state index < -0.39 is 0 Å². The van der Waals surface area contributed by atoms with E-state index in [-0.39, 0.29) is 5.60 Å². The van der Waals surface area contributed by atoms with Gasteiger partial charge in [0.2, 0.25) is 0 Å². The van der Waals surface area contributed by atoms with Crippen LogP contribution in [-0.4, -0.2) is 30.8 Å². The molecule has 2 nitrogen and oxygen atoms in total. The Balaban J connectivity index is 3.51. The monoisotopic (exact) mass is 205 g/mol. The van der Waals surface area contributed by atoms with E-state index in [1.165, 1.54) is 0 Å². The van der Waals surface area contributed by atoms with Crippen molar-refractivity contribution in [2.45, 2.75) is 44.8 Å². The molecule has 1 unspecified atom stereocenters. The molecule has 0 saturated carbocycles. The first-order chi connectivity index (χ1) is 6.02. The van der Waals surface area contributed by atoms with Gasteiger partial charge in [-0.15, -0.1) is 0 Å². The Labute approximate surface area is 86.6 Å². The number of hydrogen-bond donors (Lipinski definition) is 1. The minimum Gasteiger partial charge on any atom is -0.379 e. The average Bonchev–Trinajstić information content (AvgIpc) is 2.11. The van der Waals surface area contributed by atoms with Crippen LogP contribution >= 0.6 is 11.8 Å². The molecular weight excluding hydrogens is 182 g/mol. The van der Waals surface area contributed by atoms with E-state index in [4.69, 9.17) is 10.5 Å². The van der Waals surface area contributed by atoms with Crippen LogP contribution in [0.1, 0.15) is 33.1 Å². The van der Waals surface area contributed by atoms with Crippen LogP contribution in [0.2, 0.25) is 0 Å². The SMILES string of the molecule is COC(C)(C)CCC(N)CCSC. The molecule has 0 aromatic rings. The molecule has 0 aromatic heterocycles. The van der Waals surface area contributed by atoms with Crippen molar-refractivity contribution in [1.82, 2.24) is 0 Å². The second-order valence-corrected chi connectivity index (χ2v) is 5.03. The summed E-state index contributed by atoms with van der Waals surface area (Å²) in [5, 5.41) is 0. The molecule has 0 saturated heterocycles. The molecule has 0 amide bonds. The highest BCUT2D eigenvalue weighted by Gasteiger charge is 2.17. The molecular formula is C10H23NOS. The van der Waals surface area contributed by atoms with E-state index in [0.29, 0.717) is 6.04 Å². The summed E-state index contributed by atoms with van der Waals surface area (Å²) < 4.78 is 5.33. The Morgan fingerprint density at radius 1 is 1.38 bits per heavy atom. The summed E-state index contributed by atoms with van der Waals surface area (Å²) in [5.41, 5.74) is 5.94. The lowest BCUT2D eigenvalue weighted by Crippen LogP contribution is -2.28. The van der Waals surface area contributed by atoms with Gasteiger partial charge in [0.25, 0.3) is 0 Å². The van der Waals surface area contributed by atoms with Crippen molar-refractivity contribution >= 4 is 11.8 Å². The lowest BCUT2D eigenvalue weighted by molar-refractivity contribution is 0.0125. The number of nitrogens with two attached hydrogens (primary N) is 1. The molecule has 13 heavy (non-hydrogen) atoms. The first-order valence-corrected chi connectivity index (χ1v) is 6.21. The Morgan fingerprint density at radius 2 is 2.00 bits per heavy atom. The highest BCUT2D eigenvalue weighted by Crippen LogP contribution is 2.17. The first kappa shape index (κ1) is 13.3. The van der Waals surface area contributed by atoms with Gasteiger partial charge in [-0.2, -0.15) is 11.8 Å². The van der Waals surface area contributed by atoms with Gasteiger partial charge in [0.1, 0.15) is 0 Å². The fourth-order valence-electron chi connectivity index (χ4n) is 1.05. The van der Waals surface area contributed by atoms with Gasteiger partial charge >= 0.3 is 0 Å². The predicted molar refractivity (Wildman–Crippen MR) is 61.3 cm³/mol. The fraction of sp³-hybridized carbons (Fsp3) is 1.00. The largest absolute Gasteiger partial charge is 0.379 e. The highest BCUT2D eigenvalue weighted by molar-refractivity contribution is 7.98. The Kier molecular flexibility index (Phi) is 6.82. The van der Waals surface area contributed by atoms with Gasteiger partial charge in [-0.3, -0.25) is 0 Å². The smallest absolute Gasteiger partial charge is 0.0623 e. The molecule has 0 heterocycles. The molecule has 3 heteroatoms. The maximum Gasteiger partial charge on any atom is 0.0623 e. The molecule has 0 aromatic carbocycles. The molecule has 1 atom stereocenters. The van der Waals surface area contributed by atoms with Crippen LogP contribution in [0.15, 0.2) is 0 Å². The molecule has 2 N–H and O–H groups in total. The lowest BCUT2D eigenvalue weighted by Gasteiger charge is -2.24. The van der Waals surface area contributed by atoms with Crippen LogP contribution in [0.4, 0.5) is 0 Å². The van der Waals surface area contributed by atoms with Crippen LogP contribution in [0.25, 0.3) is 0 Å². The standard InChI is InChI=1S/C10H23NOS/c1-10(2,12-3)7-5-9(11)6-8-13-4/h9H,5-8,11H2,1-4H3. The summed E-state index contributed by atoms with van der Waals surface area (Å²) in [7, 11) is 1.76. The van der Waals surface area contributed by atoms with Gasteiger partial charge in [0.15, 0.2) is 0 Å². The molecule has 0 bridgehead atoms. The number of thioether (sulfide) groups is 1. The van der Waals surface area contributed by atoms with Crippen molar-refractivity contribution in [1.29, 1.82) is 0 Å². The summed E-state index contributed by atoms with van der Waals surface area (Å²) in [6.07, 6.45) is 5.33. The summed E-state index contributed by atoms with van der Waals surface area (Å²) in [6.45, 7) is 4.21. The van der Waals surface area contributed by atoms with Crippen molar-refractivity contribution in [3.8, 4) is 0 Å². The summed E-state index contributed by atoms with van der Waals surface area (Å²) in [5.74, 6) is 1.16. The van der Waals surface area contributed by atoms with Crippen LogP contribution < -0.4 is 5.73 Å². The van der Waals surface area contributed by atoms with Gasteiger partial charge in [-0.05, 0) is 45.1 Å². The Bertz CT molecular complexity index is 128. The zero-order valence-corrected chi connectivity index (χ0v) is 10.1. The zero-order valence-electron chi connectivity index (χ0n) is 9.30. The third-order valence-corrected chi connectivity index (χ3v) is 3.01.